The van der Waals surface area contributed by atoms with Crippen LogP contribution in [-0.4, -0.2) is 42.6 Å². The minimum atomic E-state index is -0.521. The molecule has 0 aromatic heterocycles. The molecule has 1 N–H and O–H groups in total. The molecule has 1 aromatic carbocycles. The van der Waals surface area contributed by atoms with Gasteiger partial charge in [-0.15, -0.1) is 0 Å². The third kappa shape index (κ3) is 5.18. The van der Waals surface area contributed by atoms with E-state index in [1.165, 1.54) is 6.42 Å². The fourth-order valence-electron chi connectivity index (χ4n) is 2.73. The number of piperidine rings is 1. The Labute approximate surface area is 137 Å². The summed E-state index contributed by atoms with van der Waals surface area (Å²) in [5.74, 6) is 0.557. The van der Waals surface area contributed by atoms with Gasteiger partial charge in [-0.3, -0.25) is 4.79 Å². The largest absolute Gasteiger partial charge is 0.481 e. The van der Waals surface area contributed by atoms with Crippen LogP contribution in [0, 0.1) is 0 Å². The zero-order chi connectivity index (χ0) is 15.9. The van der Waals surface area contributed by atoms with Crippen molar-refractivity contribution in [1.29, 1.82) is 0 Å². The molecule has 5 heteroatoms. The van der Waals surface area contributed by atoms with E-state index in [0.717, 1.165) is 32.5 Å². The predicted octanol–water partition coefficient (Wildman–Crippen LogP) is 3.10. The monoisotopic (exact) mass is 324 g/mol. The van der Waals surface area contributed by atoms with Crippen molar-refractivity contribution in [1.82, 2.24) is 10.2 Å². The zero-order valence-electron chi connectivity index (χ0n) is 13.3. The van der Waals surface area contributed by atoms with E-state index in [-0.39, 0.29) is 11.9 Å². The molecule has 4 nitrogen and oxygen atoms in total. The first kappa shape index (κ1) is 17.1. The highest BCUT2D eigenvalue weighted by Gasteiger charge is 2.23. The van der Waals surface area contributed by atoms with Gasteiger partial charge in [-0.25, -0.2) is 0 Å². The Morgan fingerprint density at radius 1 is 1.45 bits per heavy atom. The summed E-state index contributed by atoms with van der Waals surface area (Å²) in [6, 6.07) is 7.37. The second-order valence-corrected chi connectivity index (χ2v) is 6.28. The van der Waals surface area contributed by atoms with Gasteiger partial charge < -0.3 is 15.0 Å². The first-order chi connectivity index (χ1) is 10.6. The van der Waals surface area contributed by atoms with Gasteiger partial charge in [-0.1, -0.05) is 24.6 Å². The number of rotatable bonds is 6. The molecule has 1 atom stereocenters. The van der Waals surface area contributed by atoms with Crippen LogP contribution in [0.4, 0.5) is 0 Å². The Balaban J connectivity index is 1.77. The van der Waals surface area contributed by atoms with E-state index in [2.05, 4.69) is 17.1 Å². The zero-order valence-corrected chi connectivity index (χ0v) is 14.1. The fraction of sp³-hybridized carbons (Fsp3) is 0.588. The van der Waals surface area contributed by atoms with Crippen LogP contribution in [0.3, 0.4) is 0 Å². The number of amides is 1. The second-order valence-electron chi connectivity index (χ2n) is 5.84. The van der Waals surface area contributed by atoms with Gasteiger partial charge in [0.25, 0.3) is 5.91 Å². The Morgan fingerprint density at radius 3 is 2.82 bits per heavy atom. The van der Waals surface area contributed by atoms with Gasteiger partial charge in [-0.05, 0) is 50.9 Å². The number of carbonyl (C=O) groups excluding carboxylic acids is 1. The number of ether oxygens (including phenoxy) is 1. The lowest BCUT2D eigenvalue weighted by Gasteiger charge is -2.32. The van der Waals surface area contributed by atoms with Crippen molar-refractivity contribution in [3.05, 3.63) is 29.3 Å². The Hall–Kier alpha value is -1.26. The molecule has 0 spiro atoms. The molecule has 1 saturated heterocycles. The van der Waals surface area contributed by atoms with Gasteiger partial charge in [0, 0.05) is 24.2 Å². The lowest BCUT2D eigenvalue weighted by atomic mass is 10.0. The summed E-state index contributed by atoms with van der Waals surface area (Å²) in [4.78, 5) is 14.7. The van der Waals surface area contributed by atoms with Crippen molar-refractivity contribution in [2.75, 3.05) is 19.6 Å². The van der Waals surface area contributed by atoms with E-state index < -0.39 is 6.10 Å². The number of halogens is 1. The highest BCUT2D eigenvalue weighted by molar-refractivity contribution is 6.30. The summed E-state index contributed by atoms with van der Waals surface area (Å²) in [5, 5.41) is 3.70. The average Bonchev–Trinajstić information content (AvgIpc) is 2.49. The van der Waals surface area contributed by atoms with E-state index in [1.807, 2.05) is 6.07 Å². The molecule has 0 bridgehead atoms. The van der Waals surface area contributed by atoms with Crippen molar-refractivity contribution in [3.8, 4) is 5.75 Å². The highest BCUT2D eigenvalue weighted by Crippen LogP contribution is 2.18. The summed E-state index contributed by atoms with van der Waals surface area (Å²) in [5.41, 5.74) is 0. The quantitative estimate of drug-likeness (QED) is 0.874. The number of hydrogen-bond acceptors (Lipinski definition) is 3. The van der Waals surface area contributed by atoms with Gasteiger partial charge >= 0.3 is 0 Å². The summed E-state index contributed by atoms with van der Waals surface area (Å²) < 4.78 is 5.65. The molecule has 2 rings (SSSR count). The van der Waals surface area contributed by atoms with Crippen molar-refractivity contribution < 1.29 is 9.53 Å². The number of carbonyl (C=O) groups is 1. The van der Waals surface area contributed by atoms with E-state index in [9.17, 15) is 4.79 Å². The first-order valence-electron chi connectivity index (χ1n) is 8.03. The summed E-state index contributed by atoms with van der Waals surface area (Å²) in [6.45, 7) is 7.23. The lowest BCUT2D eigenvalue weighted by molar-refractivity contribution is -0.128. The lowest BCUT2D eigenvalue weighted by Crippen LogP contribution is -2.48. The smallest absolute Gasteiger partial charge is 0.260 e. The van der Waals surface area contributed by atoms with E-state index >= 15 is 0 Å². The van der Waals surface area contributed by atoms with Crippen molar-refractivity contribution >= 4 is 17.5 Å². The topological polar surface area (TPSA) is 41.6 Å². The molecule has 1 aromatic rings. The average molecular weight is 325 g/mol. The van der Waals surface area contributed by atoms with Gasteiger partial charge in [0.1, 0.15) is 5.75 Å². The third-order valence-electron chi connectivity index (χ3n) is 3.95. The van der Waals surface area contributed by atoms with Gasteiger partial charge in [0.05, 0.1) is 0 Å². The van der Waals surface area contributed by atoms with Gasteiger partial charge in [-0.2, -0.15) is 0 Å². The van der Waals surface area contributed by atoms with Crippen LogP contribution in [-0.2, 0) is 4.79 Å². The molecule has 1 heterocycles. The summed E-state index contributed by atoms with van der Waals surface area (Å²) in [7, 11) is 0. The first-order valence-corrected chi connectivity index (χ1v) is 8.41. The summed E-state index contributed by atoms with van der Waals surface area (Å²) >= 11 is 5.92. The molecule has 1 aliphatic heterocycles. The second kappa shape index (κ2) is 8.39. The van der Waals surface area contributed by atoms with Crippen LogP contribution >= 0.6 is 11.6 Å². The van der Waals surface area contributed by atoms with E-state index in [0.29, 0.717) is 10.8 Å². The number of likely N-dealkylation sites (tertiary alicyclic amines) is 1. The standard InChI is InChI=1S/C17H25ClN2O2/c1-3-9-20-10-7-15(8-11-20)19-17(21)13(2)22-16-6-4-5-14(18)12-16/h4-6,12-13,15H,3,7-11H2,1-2H3,(H,19,21). The maximum absolute atomic E-state index is 12.2. The number of hydrogen-bond donors (Lipinski definition) is 1. The minimum Gasteiger partial charge on any atom is -0.481 e. The third-order valence-corrected chi connectivity index (χ3v) is 4.19. The normalized spacial score (nSPS) is 18.0. The molecule has 122 valence electrons. The Bertz CT molecular complexity index is 487. The molecule has 0 radical (unpaired) electrons. The molecule has 22 heavy (non-hydrogen) atoms. The van der Waals surface area contributed by atoms with Gasteiger partial charge in [0.2, 0.25) is 0 Å². The maximum Gasteiger partial charge on any atom is 0.260 e. The van der Waals surface area contributed by atoms with Crippen LogP contribution < -0.4 is 10.1 Å². The number of nitrogens with one attached hydrogen (secondary N) is 1. The predicted molar refractivity (Wildman–Crippen MR) is 89.4 cm³/mol. The van der Waals surface area contributed by atoms with Crippen molar-refractivity contribution in [2.24, 2.45) is 0 Å². The Kier molecular flexibility index (Phi) is 6.52. The molecule has 1 fully saturated rings. The highest BCUT2D eigenvalue weighted by atomic mass is 35.5. The van der Waals surface area contributed by atoms with E-state index in [4.69, 9.17) is 16.3 Å². The minimum absolute atomic E-state index is 0.0612. The molecular weight excluding hydrogens is 300 g/mol. The van der Waals surface area contributed by atoms with Crippen LogP contribution in [0.1, 0.15) is 33.1 Å². The van der Waals surface area contributed by atoms with Crippen molar-refractivity contribution in [2.45, 2.75) is 45.3 Å². The van der Waals surface area contributed by atoms with Gasteiger partial charge in [0.15, 0.2) is 6.10 Å². The number of nitrogens with zero attached hydrogens (tertiary/aromatic N) is 1. The number of benzene rings is 1. The van der Waals surface area contributed by atoms with Crippen LogP contribution in [0.15, 0.2) is 24.3 Å². The molecule has 1 aliphatic rings. The maximum atomic E-state index is 12.2. The van der Waals surface area contributed by atoms with Crippen molar-refractivity contribution in [3.63, 3.8) is 0 Å². The van der Waals surface area contributed by atoms with E-state index in [1.54, 1.807) is 25.1 Å². The summed E-state index contributed by atoms with van der Waals surface area (Å²) in [6.07, 6.45) is 2.68. The van der Waals surface area contributed by atoms with Crippen LogP contribution in [0.5, 0.6) is 5.75 Å². The molecule has 1 unspecified atom stereocenters. The SMILES string of the molecule is CCCN1CCC(NC(=O)C(C)Oc2cccc(Cl)c2)CC1. The fourth-order valence-corrected chi connectivity index (χ4v) is 2.91. The van der Waals surface area contributed by atoms with Crippen LogP contribution in [0.2, 0.25) is 5.02 Å². The molecule has 0 aliphatic carbocycles. The molecular formula is C17H25ClN2O2. The Morgan fingerprint density at radius 2 is 2.18 bits per heavy atom. The van der Waals surface area contributed by atoms with Crippen LogP contribution in [0.25, 0.3) is 0 Å². The molecule has 0 saturated carbocycles. The molecule has 1 amide bonds.